The van der Waals surface area contributed by atoms with Crippen LogP contribution in [-0.4, -0.2) is 21.8 Å². The molecule has 0 saturated carbocycles. The van der Waals surface area contributed by atoms with Crippen LogP contribution in [-0.2, 0) is 6.42 Å². The van der Waals surface area contributed by atoms with Crippen molar-refractivity contribution in [2.24, 2.45) is 0 Å². The number of hydrogen-bond donors (Lipinski definition) is 2. The quantitative estimate of drug-likeness (QED) is 0.568. The van der Waals surface area contributed by atoms with Crippen molar-refractivity contribution >= 4 is 0 Å². The molecule has 0 spiro atoms. The first-order chi connectivity index (χ1) is 10.3. The van der Waals surface area contributed by atoms with Crippen molar-refractivity contribution in [1.29, 1.82) is 0 Å². The third kappa shape index (κ3) is 8.18. The van der Waals surface area contributed by atoms with Gasteiger partial charge in [-0.1, -0.05) is 57.9 Å². The maximum Gasteiger partial charge on any atom is 0.0981 e. The number of aryl methyl sites for hydroxylation is 1. The van der Waals surface area contributed by atoms with Gasteiger partial charge in [-0.05, 0) is 25.0 Å². The van der Waals surface area contributed by atoms with Gasteiger partial charge in [0.2, 0.25) is 0 Å². The minimum Gasteiger partial charge on any atom is -0.396 e. The van der Waals surface area contributed by atoms with Gasteiger partial charge in [0.1, 0.15) is 0 Å². The first-order valence-corrected chi connectivity index (χ1v) is 8.52. The van der Waals surface area contributed by atoms with Crippen molar-refractivity contribution in [2.45, 2.75) is 77.2 Å². The molecule has 3 nitrogen and oxygen atoms in total. The van der Waals surface area contributed by atoms with Gasteiger partial charge in [-0.25, -0.2) is 0 Å². The molecule has 0 aliphatic heterocycles. The van der Waals surface area contributed by atoms with Crippen molar-refractivity contribution < 1.29 is 10.2 Å². The van der Waals surface area contributed by atoms with E-state index in [2.05, 4.69) is 11.9 Å². The van der Waals surface area contributed by atoms with E-state index in [4.69, 9.17) is 5.11 Å². The van der Waals surface area contributed by atoms with Gasteiger partial charge in [0.05, 0.1) is 11.8 Å². The Kier molecular flexibility index (Phi) is 10.1. The van der Waals surface area contributed by atoms with Crippen LogP contribution in [0.1, 0.15) is 82.2 Å². The molecule has 0 aromatic carbocycles. The lowest BCUT2D eigenvalue weighted by Crippen LogP contribution is -2.04. The summed E-state index contributed by atoms with van der Waals surface area (Å²) in [6.07, 6.45) is 11.2. The number of hydrogen-bond acceptors (Lipinski definition) is 3. The van der Waals surface area contributed by atoms with Crippen LogP contribution in [0.3, 0.4) is 0 Å². The van der Waals surface area contributed by atoms with Crippen LogP contribution in [0.15, 0.2) is 18.2 Å². The van der Waals surface area contributed by atoms with Crippen molar-refractivity contribution in [1.82, 2.24) is 4.98 Å². The largest absolute Gasteiger partial charge is 0.396 e. The highest BCUT2D eigenvalue weighted by Gasteiger charge is 2.08. The van der Waals surface area contributed by atoms with Crippen LogP contribution >= 0.6 is 0 Å². The first kappa shape index (κ1) is 18.1. The van der Waals surface area contributed by atoms with Gasteiger partial charge >= 0.3 is 0 Å². The normalized spacial score (nSPS) is 12.5. The predicted molar refractivity (Wildman–Crippen MR) is 87.2 cm³/mol. The second-order valence-corrected chi connectivity index (χ2v) is 5.81. The van der Waals surface area contributed by atoms with Crippen molar-refractivity contribution in [3.63, 3.8) is 0 Å². The second-order valence-electron chi connectivity index (χ2n) is 5.81. The van der Waals surface area contributed by atoms with Crippen molar-refractivity contribution in [2.75, 3.05) is 6.61 Å². The van der Waals surface area contributed by atoms with E-state index in [1.165, 1.54) is 51.4 Å². The number of nitrogens with zero attached hydrogens (tertiary/aromatic N) is 1. The molecule has 1 unspecified atom stereocenters. The maximum absolute atomic E-state index is 9.83. The van der Waals surface area contributed by atoms with Crippen LogP contribution in [0.25, 0.3) is 0 Å². The lowest BCUT2D eigenvalue weighted by molar-refractivity contribution is 0.130. The zero-order chi connectivity index (χ0) is 15.3. The molecule has 0 amide bonds. The zero-order valence-electron chi connectivity index (χ0n) is 13.4. The summed E-state index contributed by atoms with van der Waals surface area (Å²) in [5.74, 6) is 0. The van der Waals surface area contributed by atoms with Gasteiger partial charge in [0.25, 0.3) is 0 Å². The lowest BCUT2D eigenvalue weighted by Gasteiger charge is -2.10. The van der Waals surface area contributed by atoms with Crippen molar-refractivity contribution in [3.8, 4) is 0 Å². The van der Waals surface area contributed by atoms with Crippen LogP contribution in [0.5, 0.6) is 0 Å². The fraction of sp³-hybridized carbons (Fsp3) is 0.722. The third-order valence-electron chi connectivity index (χ3n) is 3.86. The molecule has 0 aliphatic carbocycles. The average molecular weight is 293 g/mol. The number of aliphatic hydroxyl groups excluding tert-OH is 2. The molecule has 21 heavy (non-hydrogen) atoms. The number of unbranched alkanes of at least 4 members (excludes halogenated alkanes) is 7. The third-order valence-corrected chi connectivity index (χ3v) is 3.86. The van der Waals surface area contributed by atoms with Gasteiger partial charge in [0, 0.05) is 18.7 Å². The molecule has 3 heteroatoms. The van der Waals surface area contributed by atoms with Crippen LogP contribution in [0, 0.1) is 0 Å². The summed E-state index contributed by atoms with van der Waals surface area (Å²) >= 11 is 0. The Labute approximate surface area is 129 Å². The fourth-order valence-corrected chi connectivity index (χ4v) is 2.53. The van der Waals surface area contributed by atoms with E-state index in [-0.39, 0.29) is 6.61 Å². The Bertz CT molecular complexity index is 368. The molecule has 120 valence electrons. The van der Waals surface area contributed by atoms with Gasteiger partial charge in [0.15, 0.2) is 0 Å². The zero-order valence-corrected chi connectivity index (χ0v) is 13.4. The number of pyridine rings is 1. The monoisotopic (exact) mass is 293 g/mol. The van der Waals surface area contributed by atoms with Crippen molar-refractivity contribution in [3.05, 3.63) is 29.6 Å². The Hall–Kier alpha value is -0.930. The minimum absolute atomic E-state index is 0.00882. The minimum atomic E-state index is -0.645. The SMILES string of the molecule is CCCCCCCCCCc1cccc(C(O)CCO)n1. The lowest BCUT2D eigenvalue weighted by atomic mass is 10.1. The molecule has 0 fully saturated rings. The van der Waals surface area contributed by atoms with E-state index in [0.717, 1.165) is 12.1 Å². The van der Waals surface area contributed by atoms with E-state index in [1.807, 2.05) is 18.2 Å². The number of aliphatic hydroxyl groups is 2. The summed E-state index contributed by atoms with van der Waals surface area (Å²) in [5, 5.41) is 18.7. The molecule has 0 saturated heterocycles. The molecular formula is C18H31NO2. The highest BCUT2D eigenvalue weighted by atomic mass is 16.3. The summed E-state index contributed by atoms with van der Waals surface area (Å²) < 4.78 is 0. The Balaban J connectivity index is 2.18. The summed E-state index contributed by atoms with van der Waals surface area (Å²) in [5.41, 5.74) is 1.73. The Morgan fingerprint density at radius 3 is 2.33 bits per heavy atom. The van der Waals surface area contributed by atoms with E-state index in [0.29, 0.717) is 12.1 Å². The molecule has 1 atom stereocenters. The van der Waals surface area contributed by atoms with Gasteiger partial charge in [-0.2, -0.15) is 0 Å². The summed E-state index contributed by atoms with van der Waals surface area (Å²) in [4.78, 5) is 4.49. The smallest absolute Gasteiger partial charge is 0.0981 e. The number of aromatic nitrogens is 1. The second kappa shape index (κ2) is 11.7. The van der Waals surface area contributed by atoms with Gasteiger partial charge in [-0.3, -0.25) is 4.98 Å². The van der Waals surface area contributed by atoms with E-state index in [9.17, 15) is 5.11 Å². The van der Waals surface area contributed by atoms with Gasteiger partial charge in [-0.15, -0.1) is 0 Å². The average Bonchev–Trinajstić information content (AvgIpc) is 2.50. The van der Waals surface area contributed by atoms with Crippen LogP contribution < -0.4 is 0 Å². The molecular weight excluding hydrogens is 262 g/mol. The standard InChI is InChI=1S/C18H31NO2/c1-2-3-4-5-6-7-8-9-11-16-12-10-13-17(19-16)18(21)14-15-20/h10,12-13,18,20-21H,2-9,11,14-15H2,1H3. The van der Waals surface area contributed by atoms with Crippen LogP contribution in [0.4, 0.5) is 0 Å². The summed E-state index contributed by atoms with van der Waals surface area (Å²) in [7, 11) is 0. The molecule has 0 radical (unpaired) electrons. The molecule has 1 rings (SSSR count). The predicted octanol–water partition coefficient (Wildman–Crippen LogP) is 4.18. The number of rotatable bonds is 12. The molecule has 1 aromatic heterocycles. The van der Waals surface area contributed by atoms with Gasteiger partial charge < -0.3 is 10.2 Å². The maximum atomic E-state index is 9.83. The Morgan fingerprint density at radius 1 is 1.00 bits per heavy atom. The summed E-state index contributed by atoms with van der Waals surface area (Å²) in [6, 6.07) is 5.80. The molecule has 1 aromatic rings. The molecule has 0 bridgehead atoms. The van der Waals surface area contributed by atoms with Crippen LogP contribution in [0.2, 0.25) is 0 Å². The van der Waals surface area contributed by atoms with E-state index >= 15 is 0 Å². The molecule has 2 N–H and O–H groups in total. The molecule has 1 heterocycles. The van der Waals surface area contributed by atoms with E-state index < -0.39 is 6.10 Å². The fourth-order valence-electron chi connectivity index (χ4n) is 2.53. The van der Waals surface area contributed by atoms with E-state index in [1.54, 1.807) is 0 Å². The highest BCUT2D eigenvalue weighted by molar-refractivity contribution is 5.13. The molecule has 0 aliphatic rings. The topological polar surface area (TPSA) is 53.4 Å². The Morgan fingerprint density at radius 2 is 1.67 bits per heavy atom. The highest BCUT2D eigenvalue weighted by Crippen LogP contribution is 2.15. The summed E-state index contributed by atoms with van der Waals surface area (Å²) in [6.45, 7) is 2.24. The first-order valence-electron chi connectivity index (χ1n) is 8.52.